The van der Waals surface area contributed by atoms with E-state index in [4.69, 9.17) is 26.5 Å². The molecule has 0 fully saturated rings. The smallest absolute Gasteiger partial charge is 0.135 e. The van der Waals surface area contributed by atoms with Gasteiger partial charge in [0.05, 0.1) is 6.61 Å². The van der Waals surface area contributed by atoms with Crippen LogP contribution in [0.2, 0.25) is 5.02 Å². The van der Waals surface area contributed by atoms with Crippen molar-refractivity contribution in [3.63, 3.8) is 0 Å². The van der Waals surface area contributed by atoms with Crippen LogP contribution in [0.4, 0.5) is 0 Å². The fraction of sp³-hybridized carbons (Fsp3) is 0.176. The van der Waals surface area contributed by atoms with Crippen molar-refractivity contribution >= 4 is 22.6 Å². The largest absolute Gasteiger partial charge is 0.493 e. The third kappa shape index (κ3) is 2.09. The molecule has 0 saturated heterocycles. The van der Waals surface area contributed by atoms with Crippen LogP contribution in [-0.2, 0) is 13.0 Å². The topological polar surface area (TPSA) is 48.4 Å². The van der Waals surface area contributed by atoms with Gasteiger partial charge >= 0.3 is 0 Å². The van der Waals surface area contributed by atoms with E-state index in [0.29, 0.717) is 11.6 Å². The summed E-state index contributed by atoms with van der Waals surface area (Å²) >= 11 is 6.02. The maximum atomic E-state index is 6.02. The van der Waals surface area contributed by atoms with Crippen molar-refractivity contribution in [2.75, 3.05) is 6.61 Å². The van der Waals surface area contributed by atoms with Gasteiger partial charge in [0.25, 0.3) is 0 Å². The molecule has 21 heavy (non-hydrogen) atoms. The van der Waals surface area contributed by atoms with Crippen LogP contribution in [0, 0.1) is 0 Å². The summed E-state index contributed by atoms with van der Waals surface area (Å²) in [4.78, 5) is 0. The molecule has 2 aromatic carbocycles. The first-order chi connectivity index (χ1) is 10.2. The Bertz CT molecular complexity index is 838. The number of nitrogens with two attached hydrogens (primary N) is 1. The first kappa shape index (κ1) is 12.7. The average Bonchev–Trinajstić information content (AvgIpc) is 3.11. The zero-order valence-corrected chi connectivity index (χ0v) is 12.1. The molecule has 4 rings (SSSR count). The lowest BCUT2D eigenvalue weighted by Crippen LogP contribution is -1.99. The van der Waals surface area contributed by atoms with Crippen molar-refractivity contribution in [3.05, 3.63) is 52.5 Å². The zero-order valence-electron chi connectivity index (χ0n) is 11.4. The maximum Gasteiger partial charge on any atom is 0.135 e. The number of halogens is 1. The minimum absolute atomic E-state index is 0.461. The van der Waals surface area contributed by atoms with E-state index < -0.39 is 0 Å². The summed E-state index contributed by atoms with van der Waals surface area (Å²) in [7, 11) is 0. The molecule has 106 valence electrons. The van der Waals surface area contributed by atoms with E-state index >= 15 is 0 Å². The molecule has 2 N–H and O–H groups in total. The van der Waals surface area contributed by atoms with Gasteiger partial charge in [-0.2, -0.15) is 0 Å². The van der Waals surface area contributed by atoms with Gasteiger partial charge in [-0.05, 0) is 42.0 Å². The molecule has 0 radical (unpaired) electrons. The number of hydrogen-bond acceptors (Lipinski definition) is 3. The SMILES string of the molecule is NCc1cc(-c2cc3cc(Cl)ccc3o2)cc2c1OCC2. The first-order valence-electron chi connectivity index (χ1n) is 6.93. The van der Waals surface area contributed by atoms with Crippen LogP contribution in [0.5, 0.6) is 5.75 Å². The summed E-state index contributed by atoms with van der Waals surface area (Å²) in [5.41, 5.74) is 9.93. The fourth-order valence-corrected chi connectivity index (χ4v) is 3.02. The molecule has 1 aliphatic heterocycles. The van der Waals surface area contributed by atoms with Gasteiger partial charge < -0.3 is 14.9 Å². The first-order valence-corrected chi connectivity index (χ1v) is 7.30. The molecule has 3 aromatic rings. The molecule has 2 heterocycles. The van der Waals surface area contributed by atoms with Gasteiger partial charge in [0.15, 0.2) is 0 Å². The Balaban J connectivity index is 1.88. The molecule has 1 aliphatic rings. The second-order valence-corrected chi connectivity index (χ2v) is 5.66. The molecule has 0 spiro atoms. The Morgan fingerprint density at radius 3 is 2.90 bits per heavy atom. The van der Waals surface area contributed by atoms with Gasteiger partial charge in [0.1, 0.15) is 17.1 Å². The minimum Gasteiger partial charge on any atom is -0.493 e. The van der Waals surface area contributed by atoms with Crippen molar-refractivity contribution in [2.45, 2.75) is 13.0 Å². The minimum atomic E-state index is 0.461. The van der Waals surface area contributed by atoms with Crippen LogP contribution in [0.15, 0.2) is 40.8 Å². The van der Waals surface area contributed by atoms with Gasteiger partial charge in [0.2, 0.25) is 0 Å². The van der Waals surface area contributed by atoms with Crippen molar-refractivity contribution < 1.29 is 9.15 Å². The molecule has 0 amide bonds. The molecule has 0 bridgehead atoms. The lowest BCUT2D eigenvalue weighted by Gasteiger charge is -2.08. The number of benzene rings is 2. The Morgan fingerprint density at radius 1 is 1.14 bits per heavy atom. The van der Waals surface area contributed by atoms with Crippen LogP contribution in [0.1, 0.15) is 11.1 Å². The monoisotopic (exact) mass is 299 g/mol. The summed E-state index contributed by atoms with van der Waals surface area (Å²) in [6.07, 6.45) is 0.919. The van der Waals surface area contributed by atoms with E-state index in [2.05, 4.69) is 6.07 Å². The number of ether oxygens (including phenoxy) is 1. The second kappa shape index (κ2) is 4.79. The van der Waals surface area contributed by atoms with E-state index in [1.54, 1.807) is 0 Å². The Hall–Kier alpha value is -1.97. The van der Waals surface area contributed by atoms with Gasteiger partial charge in [0, 0.05) is 34.5 Å². The highest BCUT2D eigenvalue weighted by atomic mass is 35.5. The molecule has 0 aliphatic carbocycles. The third-order valence-corrected chi connectivity index (χ3v) is 4.08. The molecule has 0 unspecified atom stereocenters. The van der Waals surface area contributed by atoms with Crippen LogP contribution in [0.25, 0.3) is 22.3 Å². The van der Waals surface area contributed by atoms with Crippen molar-refractivity contribution in [1.29, 1.82) is 0 Å². The van der Waals surface area contributed by atoms with Crippen molar-refractivity contribution in [1.82, 2.24) is 0 Å². The summed E-state index contributed by atoms with van der Waals surface area (Å²) in [6.45, 7) is 1.18. The van der Waals surface area contributed by atoms with E-state index in [-0.39, 0.29) is 0 Å². The quantitative estimate of drug-likeness (QED) is 0.773. The maximum absolute atomic E-state index is 6.02. The van der Waals surface area contributed by atoms with Crippen LogP contribution < -0.4 is 10.5 Å². The van der Waals surface area contributed by atoms with E-state index in [9.17, 15) is 0 Å². The van der Waals surface area contributed by atoms with Gasteiger partial charge in [-0.1, -0.05) is 11.6 Å². The number of fused-ring (bicyclic) bond motifs is 2. The molecule has 4 heteroatoms. The average molecular weight is 300 g/mol. The Morgan fingerprint density at radius 2 is 2.05 bits per heavy atom. The molecule has 0 atom stereocenters. The summed E-state index contributed by atoms with van der Waals surface area (Å²) in [5, 5.41) is 1.71. The Kier molecular flexibility index (Phi) is 2.91. The van der Waals surface area contributed by atoms with E-state index in [1.807, 2.05) is 30.3 Å². The highest BCUT2D eigenvalue weighted by molar-refractivity contribution is 6.31. The molecule has 1 aromatic heterocycles. The fourth-order valence-electron chi connectivity index (χ4n) is 2.84. The van der Waals surface area contributed by atoms with Gasteiger partial charge in [-0.25, -0.2) is 0 Å². The predicted molar refractivity (Wildman–Crippen MR) is 83.8 cm³/mol. The normalized spacial score (nSPS) is 13.4. The van der Waals surface area contributed by atoms with E-state index in [0.717, 1.165) is 46.6 Å². The van der Waals surface area contributed by atoms with Crippen LogP contribution in [-0.4, -0.2) is 6.61 Å². The zero-order chi connectivity index (χ0) is 14.4. The molecule has 3 nitrogen and oxygen atoms in total. The van der Waals surface area contributed by atoms with Crippen molar-refractivity contribution in [2.24, 2.45) is 5.73 Å². The van der Waals surface area contributed by atoms with Gasteiger partial charge in [-0.3, -0.25) is 0 Å². The highest BCUT2D eigenvalue weighted by Gasteiger charge is 2.19. The molecule has 0 saturated carbocycles. The lowest BCUT2D eigenvalue weighted by atomic mass is 10.0. The van der Waals surface area contributed by atoms with Crippen LogP contribution >= 0.6 is 11.6 Å². The standard InChI is InChI=1S/C17H14ClNO2/c18-14-1-2-15-12(7-14)8-16(21-15)11-5-10-3-4-20-17(10)13(6-11)9-19/h1-2,5-8H,3-4,9,19H2. The summed E-state index contributed by atoms with van der Waals surface area (Å²) < 4.78 is 11.6. The summed E-state index contributed by atoms with van der Waals surface area (Å²) in [6, 6.07) is 11.8. The van der Waals surface area contributed by atoms with Crippen LogP contribution in [0.3, 0.4) is 0 Å². The number of rotatable bonds is 2. The lowest BCUT2D eigenvalue weighted by molar-refractivity contribution is 0.353. The number of hydrogen-bond donors (Lipinski definition) is 1. The number of furan rings is 1. The predicted octanol–water partition coefficient (Wildman–Crippen LogP) is 4.15. The second-order valence-electron chi connectivity index (χ2n) is 5.22. The third-order valence-electron chi connectivity index (χ3n) is 3.84. The Labute approximate surface area is 127 Å². The molecular weight excluding hydrogens is 286 g/mol. The highest BCUT2D eigenvalue weighted by Crippen LogP contribution is 2.36. The van der Waals surface area contributed by atoms with Crippen molar-refractivity contribution in [3.8, 4) is 17.1 Å². The molecular formula is C17H14ClNO2. The van der Waals surface area contributed by atoms with E-state index in [1.165, 1.54) is 5.56 Å². The summed E-state index contributed by atoms with van der Waals surface area (Å²) in [5.74, 6) is 1.78. The van der Waals surface area contributed by atoms with Gasteiger partial charge in [-0.15, -0.1) is 0 Å².